The van der Waals surface area contributed by atoms with Crippen LogP contribution in [0, 0.1) is 13.8 Å². The molecule has 122 valence electrons. The van der Waals surface area contributed by atoms with Gasteiger partial charge < -0.3 is 15.2 Å². The highest BCUT2D eigenvalue weighted by molar-refractivity contribution is 5.69. The van der Waals surface area contributed by atoms with Gasteiger partial charge in [-0.3, -0.25) is 4.79 Å². The number of hydrogen-bond acceptors (Lipinski definition) is 4. The zero-order valence-electron chi connectivity index (χ0n) is 13.9. The van der Waals surface area contributed by atoms with Crippen LogP contribution in [0.25, 0.3) is 0 Å². The molecule has 0 aromatic heterocycles. The van der Waals surface area contributed by atoms with Gasteiger partial charge >= 0.3 is 5.97 Å². The molecule has 4 nitrogen and oxygen atoms in total. The minimum atomic E-state index is -0.196. The molecule has 0 heterocycles. The van der Waals surface area contributed by atoms with Crippen molar-refractivity contribution in [3.05, 3.63) is 58.7 Å². The maximum absolute atomic E-state index is 11.2. The van der Waals surface area contributed by atoms with E-state index in [9.17, 15) is 4.79 Å². The van der Waals surface area contributed by atoms with Crippen LogP contribution >= 0.6 is 0 Å². The molecule has 0 unspecified atom stereocenters. The monoisotopic (exact) mass is 313 g/mol. The molecule has 0 saturated carbocycles. The van der Waals surface area contributed by atoms with Crippen molar-refractivity contribution in [3.63, 3.8) is 0 Å². The third kappa shape index (κ3) is 4.83. The minimum Gasteiger partial charge on any atom is -0.469 e. The van der Waals surface area contributed by atoms with Gasteiger partial charge in [-0.05, 0) is 66.8 Å². The fourth-order valence-corrected chi connectivity index (χ4v) is 2.49. The topological polar surface area (TPSA) is 61.5 Å². The second-order valence-electron chi connectivity index (χ2n) is 5.62. The number of nitrogens with two attached hydrogens (primary N) is 1. The number of benzene rings is 2. The molecule has 0 aliphatic heterocycles. The van der Waals surface area contributed by atoms with E-state index in [0.29, 0.717) is 19.4 Å². The smallest absolute Gasteiger partial charge is 0.305 e. The first-order chi connectivity index (χ1) is 11.0. The molecule has 2 N–H and O–H groups in total. The Morgan fingerprint density at radius 1 is 1.09 bits per heavy atom. The second-order valence-corrected chi connectivity index (χ2v) is 5.62. The van der Waals surface area contributed by atoms with Crippen LogP contribution in [-0.2, 0) is 22.5 Å². The van der Waals surface area contributed by atoms with Gasteiger partial charge in [0.2, 0.25) is 0 Å². The van der Waals surface area contributed by atoms with E-state index in [0.717, 1.165) is 33.8 Å². The second kappa shape index (κ2) is 7.79. The Morgan fingerprint density at radius 3 is 2.52 bits per heavy atom. The van der Waals surface area contributed by atoms with Crippen LogP contribution < -0.4 is 10.5 Å². The van der Waals surface area contributed by atoms with Gasteiger partial charge in [0.1, 0.15) is 11.5 Å². The number of aryl methyl sites for hydroxylation is 3. The lowest BCUT2D eigenvalue weighted by Crippen LogP contribution is -2.03. The number of esters is 1. The standard InChI is InChI=1S/C19H23NO3/c1-13-8-15(12-20)11-18(9-13)23-17-6-4-16(14(2)10-17)5-7-19(21)22-3/h4,6,8-11H,5,7,12,20H2,1-3H3. The van der Waals surface area contributed by atoms with Crippen LogP contribution in [0.1, 0.15) is 28.7 Å². The molecule has 0 spiro atoms. The van der Waals surface area contributed by atoms with Crippen molar-refractivity contribution in [2.45, 2.75) is 33.2 Å². The Hall–Kier alpha value is -2.33. The van der Waals surface area contributed by atoms with Gasteiger partial charge in [-0.25, -0.2) is 0 Å². The molecule has 0 fully saturated rings. The molecule has 2 aromatic carbocycles. The normalized spacial score (nSPS) is 10.4. The molecule has 4 heteroatoms. The summed E-state index contributed by atoms with van der Waals surface area (Å²) in [5.74, 6) is 1.36. The molecular formula is C19H23NO3. The summed E-state index contributed by atoms with van der Waals surface area (Å²) >= 11 is 0. The van der Waals surface area contributed by atoms with E-state index in [1.165, 1.54) is 7.11 Å². The van der Waals surface area contributed by atoms with E-state index >= 15 is 0 Å². The average Bonchev–Trinajstić information content (AvgIpc) is 2.53. The van der Waals surface area contributed by atoms with Crippen molar-refractivity contribution in [2.75, 3.05) is 7.11 Å². The number of carbonyl (C=O) groups is 1. The lowest BCUT2D eigenvalue weighted by molar-refractivity contribution is -0.140. The van der Waals surface area contributed by atoms with E-state index in [-0.39, 0.29) is 5.97 Å². The number of methoxy groups -OCH3 is 1. The zero-order valence-corrected chi connectivity index (χ0v) is 13.9. The molecule has 0 aliphatic carbocycles. The Bertz CT molecular complexity index is 695. The summed E-state index contributed by atoms with van der Waals surface area (Å²) < 4.78 is 10.6. The average molecular weight is 313 g/mol. The Labute approximate surface area is 137 Å². The van der Waals surface area contributed by atoms with Crippen LogP contribution in [0.15, 0.2) is 36.4 Å². The predicted octanol–water partition coefficient (Wildman–Crippen LogP) is 3.66. The lowest BCUT2D eigenvalue weighted by atomic mass is 10.0. The summed E-state index contributed by atoms with van der Waals surface area (Å²) in [4.78, 5) is 11.2. The first-order valence-corrected chi connectivity index (χ1v) is 7.66. The molecular weight excluding hydrogens is 290 g/mol. The maximum Gasteiger partial charge on any atom is 0.305 e. The third-order valence-electron chi connectivity index (χ3n) is 3.72. The first-order valence-electron chi connectivity index (χ1n) is 7.66. The summed E-state index contributed by atoms with van der Waals surface area (Å²) in [5.41, 5.74) is 10.1. The Balaban J connectivity index is 2.11. The van der Waals surface area contributed by atoms with Gasteiger partial charge in [0.05, 0.1) is 7.11 Å². The van der Waals surface area contributed by atoms with Crippen molar-refractivity contribution >= 4 is 5.97 Å². The van der Waals surface area contributed by atoms with Crippen LogP contribution in [0.3, 0.4) is 0 Å². The molecule has 2 rings (SSSR count). The van der Waals surface area contributed by atoms with Crippen LogP contribution in [0.2, 0.25) is 0 Å². The summed E-state index contributed by atoms with van der Waals surface area (Å²) in [6.07, 6.45) is 1.05. The molecule has 0 radical (unpaired) electrons. The van der Waals surface area contributed by atoms with E-state index in [1.807, 2.05) is 50.2 Å². The SMILES string of the molecule is COC(=O)CCc1ccc(Oc2cc(C)cc(CN)c2)cc1C. The fraction of sp³-hybridized carbons (Fsp3) is 0.316. The first kappa shape index (κ1) is 17.0. The molecule has 0 aliphatic rings. The van der Waals surface area contributed by atoms with Gasteiger partial charge in [0.15, 0.2) is 0 Å². The third-order valence-corrected chi connectivity index (χ3v) is 3.72. The number of hydrogen-bond donors (Lipinski definition) is 1. The van der Waals surface area contributed by atoms with Gasteiger partial charge in [-0.2, -0.15) is 0 Å². The van der Waals surface area contributed by atoms with Crippen molar-refractivity contribution < 1.29 is 14.3 Å². The van der Waals surface area contributed by atoms with E-state index < -0.39 is 0 Å². The highest BCUT2D eigenvalue weighted by atomic mass is 16.5. The van der Waals surface area contributed by atoms with E-state index in [2.05, 4.69) is 4.74 Å². The van der Waals surface area contributed by atoms with Crippen LogP contribution in [0.4, 0.5) is 0 Å². The molecule has 0 amide bonds. The fourth-order valence-electron chi connectivity index (χ4n) is 2.49. The van der Waals surface area contributed by atoms with E-state index in [4.69, 9.17) is 10.5 Å². The van der Waals surface area contributed by atoms with Crippen molar-refractivity contribution in [2.24, 2.45) is 5.73 Å². The van der Waals surface area contributed by atoms with Crippen LogP contribution in [0.5, 0.6) is 11.5 Å². The highest BCUT2D eigenvalue weighted by Crippen LogP contribution is 2.26. The molecule has 0 saturated heterocycles. The summed E-state index contributed by atoms with van der Waals surface area (Å²) in [6.45, 7) is 4.53. The van der Waals surface area contributed by atoms with Gasteiger partial charge in [0, 0.05) is 13.0 Å². The summed E-state index contributed by atoms with van der Waals surface area (Å²) in [7, 11) is 1.41. The molecule has 23 heavy (non-hydrogen) atoms. The number of rotatable bonds is 6. The minimum absolute atomic E-state index is 0.196. The van der Waals surface area contributed by atoms with Gasteiger partial charge in [-0.15, -0.1) is 0 Å². The Morgan fingerprint density at radius 2 is 1.87 bits per heavy atom. The zero-order chi connectivity index (χ0) is 16.8. The molecule has 0 atom stereocenters. The van der Waals surface area contributed by atoms with Gasteiger partial charge in [-0.1, -0.05) is 12.1 Å². The lowest BCUT2D eigenvalue weighted by Gasteiger charge is -2.11. The number of ether oxygens (including phenoxy) is 2. The van der Waals surface area contributed by atoms with Crippen molar-refractivity contribution in [1.29, 1.82) is 0 Å². The van der Waals surface area contributed by atoms with Crippen LogP contribution in [-0.4, -0.2) is 13.1 Å². The largest absolute Gasteiger partial charge is 0.469 e. The molecule has 2 aromatic rings. The predicted molar refractivity (Wildman–Crippen MR) is 90.7 cm³/mol. The van der Waals surface area contributed by atoms with Crippen molar-refractivity contribution in [3.8, 4) is 11.5 Å². The summed E-state index contributed by atoms with van der Waals surface area (Å²) in [5, 5.41) is 0. The maximum atomic E-state index is 11.2. The number of carbonyl (C=O) groups excluding carboxylic acids is 1. The highest BCUT2D eigenvalue weighted by Gasteiger charge is 2.06. The van der Waals surface area contributed by atoms with Gasteiger partial charge in [0.25, 0.3) is 0 Å². The Kier molecular flexibility index (Phi) is 5.77. The van der Waals surface area contributed by atoms with Crippen molar-refractivity contribution in [1.82, 2.24) is 0 Å². The quantitative estimate of drug-likeness (QED) is 0.827. The van der Waals surface area contributed by atoms with E-state index in [1.54, 1.807) is 0 Å². The molecule has 0 bridgehead atoms. The summed E-state index contributed by atoms with van der Waals surface area (Å²) in [6, 6.07) is 11.9.